The predicted octanol–water partition coefficient (Wildman–Crippen LogP) is 1.78. The highest BCUT2D eigenvalue weighted by Gasteiger charge is 2.29. The zero-order chi connectivity index (χ0) is 12.9. The number of rotatable bonds is 3. The Bertz CT molecular complexity index is 641. The molecule has 2 aromatic heterocycles. The third-order valence-corrected chi connectivity index (χ3v) is 3.34. The van der Waals surface area contributed by atoms with Crippen molar-refractivity contribution in [2.45, 2.75) is 32.1 Å². The fourth-order valence-electron chi connectivity index (χ4n) is 2.45. The topological polar surface area (TPSA) is 68.0 Å². The van der Waals surface area contributed by atoms with Crippen LogP contribution in [0.15, 0.2) is 6.20 Å². The molecule has 0 aliphatic heterocycles. The second-order valence-corrected chi connectivity index (χ2v) is 4.96. The zero-order valence-corrected chi connectivity index (χ0v) is 10.5. The minimum absolute atomic E-state index is 0.0312. The second kappa shape index (κ2) is 3.80. The summed E-state index contributed by atoms with van der Waals surface area (Å²) in [6.45, 7) is 1.88. The van der Waals surface area contributed by atoms with Crippen molar-refractivity contribution in [3.8, 4) is 0 Å². The molecule has 0 amide bonds. The first-order valence-corrected chi connectivity index (χ1v) is 6.10. The Kier molecular flexibility index (Phi) is 2.36. The Morgan fingerprint density at radius 1 is 1.50 bits per heavy atom. The van der Waals surface area contributed by atoms with Crippen LogP contribution in [0.4, 0.5) is 0 Å². The van der Waals surface area contributed by atoms with Gasteiger partial charge in [0.2, 0.25) is 0 Å². The van der Waals surface area contributed by atoms with Gasteiger partial charge in [0.15, 0.2) is 0 Å². The number of aryl methyl sites for hydroxylation is 2. The summed E-state index contributed by atoms with van der Waals surface area (Å²) in [6, 6.07) is 0. The van der Waals surface area contributed by atoms with Crippen LogP contribution < -0.4 is 0 Å². The van der Waals surface area contributed by atoms with Gasteiger partial charge in [-0.1, -0.05) is 0 Å². The summed E-state index contributed by atoms with van der Waals surface area (Å²) in [5, 5.41) is 9.94. The summed E-state index contributed by atoms with van der Waals surface area (Å²) in [7, 11) is 1.90. The third-order valence-electron chi connectivity index (χ3n) is 3.34. The highest BCUT2D eigenvalue weighted by atomic mass is 16.4. The lowest BCUT2D eigenvalue weighted by molar-refractivity contribution is -0.136. The van der Waals surface area contributed by atoms with Crippen LogP contribution in [-0.2, 0) is 18.3 Å². The number of nitrogens with zero attached hydrogens (tertiary/aromatic N) is 3. The molecular weight excluding hydrogens is 230 g/mol. The molecule has 0 bridgehead atoms. The Morgan fingerprint density at radius 3 is 2.83 bits per heavy atom. The lowest BCUT2D eigenvalue weighted by Gasteiger charge is -2.04. The van der Waals surface area contributed by atoms with E-state index in [1.807, 2.05) is 24.7 Å². The first-order chi connectivity index (χ1) is 8.56. The molecule has 2 aromatic rings. The molecule has 5 heteroatoms. The number of fused-ring (bicyclic) bond motifs is 1. The van der Waals surface area contributed by atoms with Gasteiger partial charge in [-0.2, -0.15) is 0 Å². The maximum atomic E-state index is 10.9. The van der Waals surface area contributed by atoms with E-state index in [9.17, 15) is 4.79 Å². The number of carboxylic acid groups (broad SMARTS) is 1. The molecule has 1 aliphatic carbocycles. The fraction of sp³-hybridized carbons (Fsp3) is 0.462. The maximum absolute atomic E-state index is 10.9. The SMILES string of the molecule is Cc1nc(C2CC2)c2c(CC(=O)O)cn(C)c2n1. The van der Waals surface area contributed by atoms with Gasteiger partial charge in [-0.05, 0) is 25.3 Å². The molecule has 0 unspecified atom stereocenters. The lowest BCUT2D eigenvalue weighted by atomic mass is 10.1. The van der Waals surface area contributed by atoms with Crippen molar-refractivity contribution in [1.29, 1.82) is 0 Å². The van der Waals surface area contributed by atoms with Crippen LogP contribution in [-0.4, -0.2) is 25.6 Å². The number of hydrogen-bond acceptors (Lipinski definition) is 3. The van der Waals surface area contributed by atoms with Gasteiger partial charge in [0.05, 0.1) is 12.1 Å². The normalized spacial score (nSPS) is 15.2. The van der Waals surface area contributed by atoms with E-state index >= 15 is 0 Å². The summed E-state index contributed by atoms with van der Waals surface area (Å²) in [5.74, 6) is 0.432. The Balaban J connectivity index is 2.27. The van der Waals surface area contributed by atoms with Gasteiger partial charge >= 0.3 is 5.97 Å². The molecule has 2 heterocycles. The average molecular weight is 245 g/mol. The Morgan fingerprint density at radius 2 is 2.22 bits per heavy atom. The molecule has 1 saturated carbocycles. The third kappa shape index (κ3) is 1.75. The fourth-order valence-corrected chi connectivity index (χ4v) is 2.45. The second-order valence-electron chi connectivity index (χ2n) is 4.96. The largest absolute Gasteiger partial charge is 0.481 e. The first-order valence-electron chi connectivity index (χ1n) is 6.10. The highest BCUT2D eigenvalue weighted by Crippen LogP contribution is 2.42. The summed E-state index contributed by atoms with van der Waals surface area (Å²) in [6.07, 6.45) is 4.18. The van der Waals surface area contributed by atoms with E-state index in [0.717, 1.165) is 41.0 Å². The highest BCUT2D eigenvalue weighted by molar-refractivity contribution is 5.87. The van der Waals surface area contributed by atoms with Gasteiger partial charge in [0.25, 0.3) is 0 Å². The van der Waals surface area contributed by atoms with Crippen LogP contribution in [0.25, 0.3) is 11.0 Å². The number of hydrogen-bond donors (Lipinski definition) is 1. The molecule has 0 spiro atoms. The van der Waals surface area contributed by atoms with E-state index in [-0.39, 0.29) is 6.42 Å². The van der Waals surface area contributed by atoms with Gasteiger partial charge in [-0.25, -0.2) is 9.97 Å². The molecule has 0 atom stereocenters. The first kappa shape index (κ1) is 11.2. The maximum Gasteiger partial charge on any atom is 0.307 e. The molecular formula is C13H15N3O2. The number of carboxylic acids is 1. The van der Waals surface area contributed by atoms with Crippen LogP contribution in [0.1, 0.15) is 35.8 Å². The van der Waals surface area contributed by atoms with Crippen molar-refractivity contribution in [3.05, 3.63) is 23.3 Å². The van der Waals surface area contributed by atoms with Crippen molar-refractivity contribution >= 4 is 17.0 Å². The van der Waals surface area contributed by atoms with E-state index in [1.165, 1.54) is 0 Å². The van der Waals surface area contributed by atoms with Crippen molar-refractivity contribution in [1.82, 2.24) is 14.5 Å². The van der Waals surface area contributed by atoms with E-state index in [4.69, 9.17) is 5.11 Å². The molecule has 0 radical (unpaired) electrons. The zero-order valence-electron chi connectivity index (χ0n) is 10.5. The van der Waals surface area contributed by atoms with E-state index < -0.39 is 5.97 Å². The average Bonchev–Trinajstić information content (AvgIpc) is 3.06. The predicted molar refractivity (Wildman–Crippen MR) is 66.6 cm³/mol. The molecule has 1 fully saturated rings. The molecule has 0 saturated heterocycles. The summed E-state index contributed by atoms with van der Waals surface area (Å²) < 4.78 is 1.90. The van der Waals surface area contributed by atoms with Crippen LogP contribution >= 0.6 is 0 Å². The van der Waals surface area contributed by atoms with Gasteiger partial charge in [0, 0.05) is 24.5 Å². The number of aliphatic carboxylic acids is 1. The molecule has 18 heavy (non-hydrogen) atoms. The number of carbonyl (C=O) groups is 1. The van der Waals surface area contributed by atoms with Crippen LogP contribution in [0.2, 0.25) is 0 Å². The molecule has 1 N–H and O–H groups in total. The van der Waals surface area contributed by atoms with Gasteiger partial charge in [0.1, 0.15) is 11.5 Å². The quantitative estimate of drug-likeness (QED) is 0.895. The van der Waals surface area contributed by atoms with Gasteiger partial charge < -0.3 is 9.67 Å². The Hall–Kier alpha value is -1.91. The molecule has 0 aromatic carbocycles. The minimum atomic E-state index is -0.815. The minimum Gasteiger partial charge on any atom is -0.481 e. The van der Waals surface area contributed by atoms with Crippen molar-refractivity contribution in [2.75, 3.05) is 0 Å². The van der Waals surface area contributed by atoms with Crippen LogP contribution in [0.5, 0.6) is 0 Å². The van der Waals surface area contributed by atoms with Crippen molar-refractivity contribution < 1.29 is 9.90 Å². The van der Waals surface area contributed by atoms with Crippen molar-refractivity contribution in [3.63, 3.8) is 0 Å². The lowest BCUT2D eigenvalue weighted by Crippen LogP contribution is -2.02. The van der Waals surface area contributed by atoms with E-state index in [1.54, 1.807) is 0 Å². The van der Waals surface area contributed by atoms with E-state index in [2.05, 4.69) is 9.97 Å². The number of aromatic nitrogens is 3. The smallest absolute Gasteiger partial charge is 0.307 e. The van der Waals surface area contributed by atoms with Crippen molar-refractivity contribution in [2.24, 2.45) is 7.05 Å². The molecule has 3 rings (SSSR count). The monoisotopic (exact) mass is 245 g/mol. The van der Waals surface area contributed by atoms with Crippen LogP contribution in [0, 0.1) is 6.92 Å². The summed E-state index contributed by atoms with van der Waals surface area (Å²) in [5.41, 5.74) is 2.71. The summed E-state index contributed by atoms with van der Waals surface area (Å²) in [4.78, 5) is 19.9. The molecule has 5 nitrogen and oxygen atoms in total. The van der Waals surface area contributed by atoms with Gasteiger partial charge in [-0.3, -0.25) is 4.79 Å². The molecule has 1 aliphatic rings. The summed E-state index contributed by atoms with van der Waals surface area (Å²) >= 11 is 0. The van der Waals surface area contributed by atoms with E-state index in [0.29, 0.717) is 5.92 Å². The van der Waals surface area contributed by atoms with Gasteiger partial charge in [-0.15, -0.1) is 0 Å². The standard InChI is InChI=1S/C13H15N3O2/c1-7-14-12(8-3-4-8)11-9(5-10(17)18)6-16(2)13(11)15-7/h6,8H,3-5H2,1-2H3,(H,17,18). The van der Waals surface area contributed by atoms with Crippen LogP contribution in [0.3, 0.4) is 0 Å². The Labute approximate surface area is 104 Å². The molecule has 94 valence electrons.